The Balaban J connectivity index is 1.89. The fraction of sp³-hybridized carbons (Fsp3) is 0.562. The molecule has 1 unspecified atom stereocenters. The molecule has 126 valence electrons. The van der Waals surface area contributed by atoms with Crippen molar-refractivity contribution in [2.45, 2.75) is 26.9 Å². The van der Waals surface area contributed by atoms with Crippen LogP contribution in [0.25, 0.3) is 0 Å². The van der Waals surface area contributed by atoms with Gasteiger partial charge in [-0.05, 0) is 35.4 Å². The minimum Gasteiger partial charge on any atom is -0.445 e. The van der Waals surface area contributed by atoms with Crippen molar-refractivity contribution in [1.29, 1.82) is 0 Å². The summed E-state index contributed by atoms with van der Waals surface area (Å²) in [6.07, 6.45) is 0.351. The molecule has 1 fully saturated rings. The van der Waals surface area contributed by atoms with Crippen LogP contribution in [-0.4, -0.2) is 40.7 Å². The predicted molar refractivity (Wildman–Crippen MR) is 83.8 cm³/mol. The standard InChI is InChI=1S/C16H22N2O5/c1-16(2)11-17(8-7-13(16)9-19)15(20)23-10-12-3-5-14(6-4-12)18(21)22/h3-6,13,19H,7-11H2,1-2H3. The molecule has 1 aliphatic heterocycles. The number of non-ortho nitro benzene ring substituents is 1. The number of aliphatic hydroxyl groups excluding tert-OH is 1. The predicted octanol–water partition coefficient (Wildman–Crippen LogP) is 2.57. The molecule has 7 heteroatoms. The van der Waals surface area contributed by atoms with Crippen molar-refractivity contribution in [2.75, 3.05) is 19.7 Å². The van der Waals surface area contributed by atoms with Crippen molar-refractivity contribution in [3.63, 3.8) is 0 Å². The number of nitrogens with zero attached hydrogens (tertiary/aromatic N) is 2. The third-order valence-electron chi connectivity index (χ3n) is 4.44. The molecular formula is C16H22N2O5. The number of hydrogen-bond acceptors (Lipinski definition) is 5. The maximum absolute atomic E-state index is 12.2. The zero-order valence-electron chi connectivity index (χ0n) is 13.4. The number of benzene rings is 1. The highest BCUT2D eigenvalue weighted by Crippen LogP contribution is 2.34. The molecule has 0 radical (unpaired) electrons. The normalized spacial score (nSPS) is 20.1. The molecule has 1 N–H and O–H groups in total. The summed E-state index contributed by atoms with van der Waals surface area (Å²) in [5.41, 5.74) is 0.556. The molecule has 1 aromatic carbocycles. The van der Waals surface area contributed by atoms with E-state index >= 15 is 0 Å². The molecular weight excluding hydrogens is 300 g/mol. The number of ether oxygens (including phenoxy) is 1. The van der Waals surface area contributed by atoms with E-state index in [1.54, 1.807) is 17.0 Å². The van der Waals surface area contributed by atoms with E-state index in [9.17, 15) is 20.0 Å². The van der Waals surface area contributed by atoms with Gasteiger partial charge >= 0.3 is 6.09 Å². The average molecular weight is 322 g/mol. The van der Waals surface area contributed by atoms with Crippen LogP contribution in [0.4, 0.5) is 10.5 Å². The maximum atomic E-state index is 12.2. The summed E-state index contributed by atoms with van der Waals surface area (Å²) in [6.45, 7) is 5.37. The molecule has 23 heavy (non-hydrogen) atoms. The highest BCUT2D eigenvalue weighted by Gasteiger charge is 2.37. The van der Waals surface area contributed by atoms with Crippen LogP contribution >= 0.6 is 0 Å². The molecule has 2 rings (SSSR count). The highest BCUT2D eigenvalue weighted by atomic mass is 16.6. The zero-order valence-corrected chi connectivity index (χ0v) is 13.4. The van der Waals surface area contributed by atoms with Crippen molar-refractivity contribution in [3.05, 3.63) is 39.9 Å². The third-order valence-corrected chi connectivity index (χ3v) is 4.44. The summed E-state index contributed by atoms with van der Waals surface area (Å²) in [5, 5.41) is 20.0. The number of carbonyl (C=O) groups excluding carboxylic acids is 1. The van der Waals surface area contributed by atoms with E-state index in [0.29, 0.717) is 18.7 Å². The number of piperidine rings is 1. The summed E-state index contributed by atoms with van der Waals surface area (Å²) >= 11 is 0. The average Bonchev–Trinajstić information content (AvgIpc) is 2.52. The molecule has 0 saturated carbocycles. The summed E-state index contributed by atoms with van der Waals surface area (Å²) in [7, 11) is 0. The third kappa shape index (κ3) is 4.19. The van der Waals surface area contributed by atoms with Crippen LogP contribution in [0.3, 0.4) is 0 Å². The Morgan fingerprint density at radius 1 is 1.43 bits per heavy atom. The Labute approximate surface area is 135 Å². The smallest absolute Gasteiger partial charge is 0.410 e. The van der Waals surface area contributed by atoms with Crippen LogP contribution < -0.4 is 0 Å². The lowest BCUT2D eigenvalue weighted by Gasteiger charge is -2.43. The number of amides is 1. The fourth-order valence-electron chi connectivity index (χ4n) is 2.85. The Morgan fingerprint density at radius 3 is 2.61 bits per heavy atom. The summed E-state index contributed by atoms with van der Waals surface area (Å²) < 4.78 is 5.28. The van der Waals surface area contributed by atoms with Gasteiger partial charge in [-0.25, -0.2) is 4.79 Å². The summed E-state index contributed by atoms with van der Waals surface area (Å²) in [5.74, 6) is 0.182. The van der Waals surface area contributed by atoms with Crippen molar-refractivity contribution >= 4 is 11.8 Å². The number of nitro groups is 1. The second-order valence-corrected chi connectivity index (χ2v) is 6.56. The van der Waals surface area contributed by atoms with Crippen molar-refractivity contribution in [3.8, 4) is 0 Å². The summed E-state index contributed by atoms with van der Waals surface area (Å²) in [6, 6.07) is 5.93. The largest absolute Gasteiger partial charge is 0.445 e. The molecule has 0 bridgehead atoms. The van der Waals surface area contributed by atoms with Crippen LogP contribution in [0.15, 0.2) is 24.3 Å². The Morgan fingerprint density at radius 2 is 2.09 bits per heavy atom. The van der Waals surface area contributed by atoms with Crippen molar-refractivity contribution in [1.82, 2.24) is 4.90 Å². The molecule has 0 spiro atoms. The van der Waals surface area contributed by atoms with E-state index in [-0.39, 0.29) is 30.2 Å². The van der Waals surface area contributed by atoms with Gasteiger partial charge in [-0.15, -0.1) is 0 Å². The van der Waals surface area contributed by atoms with Gasteiger partial charge in [-0.2, -0.15) is 0 Å². The van der Waals surface area contributed by atoms with Crippen LogP contribution in [-0.2, 0) is 11.3 Å². The number of nitro benzene ring substituents is 1. The molecule has 1 aliphatic rings. The second kappa shape index (κ2) is 6.95. The van der Waals surface area contributed by atoms with Crippen LogP contribution in [0.2, 0.25) is 0 Å². The minimum atomic E-state index is -0.469. The fourth-order valence-corrected chi connectivity index (χ4v) is 2.85. The molecule has 0 aliphatic carbocycles. The van der Waals surface area contributed by atoms with E-state index in [1.807, 2.05) is 13.8 Å². The van der Waals surface area contributed by atoms with Crippen molar-refractivity contribution < 1.29 is 19.6 Å². The molecule has 1 atom stereocenters. The number of likely N-dealkylation sites (tertiary alicyclic amines) is 1. The lowest BCUT2D eigenvalue weighted by molar-refractivity contribution is -0.384. The van der Waals surface area contributed by atoms with E-state index in [4.69, 9.17) is 4.74 Å². The van der Waals surface area contributed by atoms with Crippen LogP contribution in [0.1, 0.15) is 25.8 Å². The van der Waals surface area contributed by atoms with Gasteiger partial charge in [0.15, 0.2) is 0 Å². The number of carbonyl (C=O) groups is 1. The van der Waals surface area contributed by atoms with Gasteiger partial charge in [0.25, 0.3) is 5.69 Å². The van der Waals surface area contributed by atoms with E-state index in [1.165, 1.54) is 12.1 Å². The lowest BCUT2D eigenvalue weighted by Crippen LogP contribution is -2.49. The highest BCUT2D eigenvalue weighted by molar-refractivity contribution is 5.67. The first-order valence-corrected chi connectivity index (χ1v) is 7.59. The van der Waals surface area contributed by atoms with Gasteiger partial charge in [-0.3, -0.25) is 10.1 Å². The number of rotatable bonds is 4. The molecule has 1 saturated heterocycles. The number of hydrogen-bond donors (Lipinski definition) is 1. The lowest BCUT2D eigenvalue weighted by atomic mass is 9.74. The van der Waals surface area contributed by atoms with Gasteiger partial charge in [0, 0.05) is 31.8 Å². The van der Waals surface area contributed by atoms with Gasteiger partial charge in [-0.1, -0.05) is 13.8 Å². The first-order valence-electron chi connectivity index (χ1n) is 7.59. The minimum absolute atomic E-state index is 0.00732. The molecule has 1 amide bonds. The first kappa shape index (κ1) is 17.2. The maximum Gasteiger partial charge on any atom is 0.410 e. The van der Waals surface area contributed by atoms with E-state index in [0.717, 1.165) is 6.42 Å². The van der Waals surface area contributed by atoms with Gasteiger partial charge in [0.2, 0.25) is 0 Å². The van der Waals surface area contributed by atoms with Crippen LogP contribution in [0, 0.1) is 21.4 Å². The zero-order chi connectivity index (χ0) is 17.0. The van der Waals surface area contributed by atoms with Gasteiger partial charge < -0.3 is 14.7 Å². The first-order chi connectivity index (χ1) is 10.8. The Hall–Kier alpha value is -2.15. The SMILES string of the molecule is CC1(C)CN(C(=O)OCc2ccc([N+](=O)[O-])cc2)CCC1CO. The Bertz CT molecular complexity index is 570. The van der Waals surface area contributed by atoms with E-state index in [2.05, 4.69) is 0 Å². The van der Waals surface area contributed by atoms with Crippen molar-refractivity contribution in [2.24, 2.45) is 11.3 Å². The molecule has 1 aromatic rings. The second-order valence-electron chi connectivity index (χ2n) is 6.56. The quantitative estimate of drug-likeness (QED) is 0.679. The molecule has 0 aromatic heterocycles. The Kier molecular flexibility index (Phi) is 5.20. The number of aliphatic hydroxyl groups is 1. The molecule has 1 heterocycles. The van der Waals surface area contributed by atoms with E-state index < -0.39 is 11.0 Å². The van der Waals surface area contributed by atoms with Crippen LogP contribution in [0.5, 0.6) is 0 Å². The summed E-state index contributed by atoms with van der Waals surface area (Å²) in [4.78, 5) is 23.9. The van der Waals surface area contributed by atoms with Gasteiger partial charge in [0.1, 0.15) is 6.61 Å². The molecule has 7 nitrogen and oxygen atoms in total. The monoisotopic (exact) mass is 322 g/mol. The topological polar surface area (TPSA) is 92.9 Å². The van der Waals surface area contributed by atoms with Gasteiger partial charge in [0.05, 0.1) is 4.92 Å².